The molecule has 1 amide bonds. The number of nitrogens with zero attached hydrogens (tertiary/aromatic N) is 2. The highest BCUT2D eigenvalue weighted by Gasteiger charge is 2.20. The lowest BCUT2D eigenvalue weighted by Crippen LogP contribution is -2.25. The second-order valence-electron chi connectivity index (χ2n) is 6.30. The lowest BCUT2D eigenvalue weighted by molar-refractivity contribution is 0.0688. The SMILES string of the molecule is COCCOCCCNC(=O)c1cn(-c2ccccc2)nc1-c1ccc(C)o1. The van der Waals surface area contributed by atoms with Crippen LogP contribution in [0.1, 0.15) is 22.5 Å². The van der Waals surface area contributed by atoms with Gasteiger partial charge in [-0.05, 0) is 37.6 Å². The maximum absolute atomic E-state index is 12.8. The Bertz CT molecular complexity index is 886. The molecule has 0 bridgehead atoms. The first-order valence-electron chi connectivity index (χ1n) is 9.26. The van der Waals surface area contributed by atoms with Crippen molar-refractivity contribution < 1.29 is 18.7 Å². The number of hydrogen-bond donors (Lipinski definition) is 1. The molecule has 7 nitrogen and oxygen atoms in total. The van der Waals surface area contributed by atoms with Crippen molar-refractivity contribution in [2.45, 2.75) is 13.3 Å². The molecule has 148 valence electrons. The first kappa shape index (κ1) is 19.9. The van der Waals surface area contributed by atoms with Crippen LogP contribution < -0.4 is 5.32 Å². The molecule has 2 aromatic heterocycles. The van der Waals surface area contributed by atoms with E-state index in [1.807, 2.05) is 49.4 Å². The fourth-order valence-corrected chi connectivity index (χ4v) is 2.71. The summed E-state index contributed by atoms with van der Waals surface area (Å²) in [6, 6.07) is 13.3. The van der Waals surface area contributed by atoms with Gasteiger partial charge < -0.3 is 19.2 Å². The number of para-hydroxylation sites is 1. The molecule has 1 N–H and O–H groups in total. The number of hydrogen-bond acceptors (Lipinski definition) is 5. The van der Waals surface area contributed by atoms with E-state index in [1.54, 1.807) is 18.0 Å². The van der Waals surface area contributed by atoms with Crippen molar-refractivity contribution in [2.24, 2.45) is 0 Å². The number of methoxy groups -OCH3 is 1. The van der Waals surface area contributed by atoms with Crippen LogP contribution in [0, 0.1) is 6.92 Å². The maximum Gasteiger partial charge on any atom is 0.255 e. The Hall–Kier alpha value is -2.90. The zero-order chi connectivity index (χ0) is 19.8. The third kappa shape index (κ3) is 5.09. The third-order valence-electron chi connectivity index (χ3n) is 4.14. The summed E-state index contributed by atoms with van der Waals surface area (Å²) in [5.74, 6) is 1.15. The van der Waals surface area contributed by atoms with E-state index < -0.39 is 0 Å². The van der Waals surface area contributed by atoms with Crippen LogP contribution in [0.5, 0.6) is 0 Å². The van der Waals surface area contributed by atoms with E-state index in [0.29, 0.717) is 43.4 Å². The van der Waals surface area contributed by atoms with E-state index in [1.165, 1.54) is 0 Å². The van der Waals surface area contributed by atoms with E-state index in [9.17, 15) is 4.79 Å². The van der Waals surface area contributed by atoms with Crippen molar-refractivity contribution in [3.05, 3.63) is 60.0 Å². The van der Waals surface area contributed by atoms with E-state index in [4.69, 9.17) is 13.9 Å². The number of carbonyl (C=O) groups excluding carboxylic acids is 1. The van der Waals surface area contributed by atoms with Gasteiger partial charge in [0.25, 0.3) is 5.91 Å². The Labute approximate surface area is 164 Å². The summed E-state index contributed by atoms with van der Waals surface area (Å²) in [6.45, 7) is 4.06. The Balaban J connectivity index is 1.71. The van der Waals surface area contributed by atoms with Crippen LogP contribution in [-0.4, -0.2) is 49.2 Å². The van der Waals surface area contributed by atoms with Crippen LogP contribution >= 0.6 is 0 Å². The molecule has 0 aliphatic rings. The molecule has 0 saturated carbocycles. The van der Waals surface area contributed by atoms with Gasteiger partial charge in [0.05, 0.1) is 24.5 Å². The van der Waals surface area contributed by atoms with Gasteiger partial charge in [-0.25, -0.2) is 4.68 Å². The maximum atomic E-state index is 12.8. The van der Waals surface area contributed by atoms with Crippen LogP contribution in [0.25, 0.3) is 17.1 Å². The molecule has 28 heavy (non-hydrogen) atoms. The number of furan rings is 1. The highest BCUT2D eigenvalue weighted by atomic mass is 16.5. The fourth-order valence-electron chi connectivity index (χ4n) is 2.71. The van der Waals surface area contributed by atoms with Crippen LogP contribution in [0.4, 0.5) is 0 Å². The summed E-state index contributed by atoms with van der Waals surface area (Å²) < 4.78 is 17.7. The molecule has 3 aromatic rings. The number of aryl methyl sites for hydroxylation is 1. The molecular formula is C21H25N3O4. The summed E-state index contributed by atoms with van der Waals surface area (Å²) in [5, 5.41) is 7.51. The van der Waals surface area contributed by atoms with E-state index in [-0.39, 0.29) is 5.91 Å². The zero-order valence-electron chi connectivity index (χ0n) is 16.2. The summed E-state index contributed by atoms with van der Waals surface area (Å²) in [7, 11) is 1.64. The van der Waals surface area contributed by atoms with Gasteiger partial charge in [0.1, 0.15) is 11.5 Å². The summed E-state index contributed by atoms with van der Waals surface area (Å²) in [4.78, 5) is 12.8. The Kier molecular flexibility index (Phi) is 7.00. The van der Waals surface area contributed by atoms with Gasteiger partial charge in [-0.1, -0.05) is 18.2 Å². The molecule has 0 unspecified atom stereocenters. The van der Waals surface area contributed by atoms with Gasteiger partial charge in [-0.3, -0.25) is 4.79 Å². The largest absolute Gasteiger partial charge is 0.460 e. The van der Waals surface area contributed by atoms with Gasteiger partial charge in [0.2, 0.25) is 0 Å². The molecule has 3 rings (SSSR count). The van der Waals surface area contributed by atoms with Crippen LogP contribution in [0.2, 0.25) is 0 Å². The summed E-state index contributed by atoms with van der Waals surface area (Å²) in [6.07, 6.45) is 2.45. The number of amides is 1. The number of aromatic nitrogens is 2. The number of ether oxygens (including phenoxy) is 2. The second-order valence-corrected chi connectivity index (χ2v) is 6.30. The number of rotatable bonds is 10. The van der Waals surface area contributed by atoms with Gasteiger partial charge in [-0.15, -0.1) is 0 Å². The standard InChI is InChI=1S/C21H25N3O4/c1-16-9-10-19(28-16)20-18(15-24(23-20)17-7-4-3-5-8-17)21(25)22-11-6-12-27-14-13-26-2/h3-5,7-10,15H,6,11-14H2,1-2H3,(H,22,25). The first-order chi connectivity index (χ1) is 13.7. The van der Waals surface area contributed by atoms with E-state index >= 15 is 0 Å². The van der Waals surface area contributed by atoms with Gasteiger partial charge >= 0.3 is 0 Å². The van der Waals surface area contributed by atoms with Crippen molar-refractivity contribution in [1.29, 1.82) is 0 Å². The Morgan fingerprint density at radius 2 is 1.96 bits per heavy atom. The monoisotopic (exact) mass is 383 g/mol. The molecule has 1 aromatic carbocycles. The minimum absolute atomic E-state index is 0.192. The Morgan fingerprint density at radius 1 is 1.14 bits per heavy atom. The topological polar surface area (TPSA) is 78.5 Å². The highest BCUT2D eigenvalue weighted by Crippen LogP contribution is 2.25. The number of nitrogens with one attached hydrogen (secondary N) is 1. The molecule has 0 aliphatic heterocycles. The molecule has 2 heterocycles. The minimum Gasteiger partial charge on any atom is -0.460 e. The molecule has 0 aliphatic carbocycles. The van der Waals surface area contributed by atoms with Gasteiger partial charge in [-0.2, -0.15) is 5.10 Å². The highest BCUT2D eigenvalue weighted by molar-refractivity contribution is 5.99. The Morgan fingerprint density at radius 3 is 2.68 bits per heavy atom. The van der Waals surface area contributed by atoms with Gasteiger partial charge in [0.15, 0.2) is 5.76 Å². The van der Waals surface area contributed by atoms with Crippen LogP contribution in [0.15, 0.2) is 53.1 Å². The average Bonchev–Trinajstić information content (AvgIpc) is 3.34. The van der Waals surface area contributed by atoms with Crippen molar-refractivity contribution >= 4 is 5.91 Å². The minimum atomic E-state index is -0.192. The predicted molar refractivity (Wildman–Crippen MR) is 106 cm³/mol. The molecule has 0 saturated heterocycles. The molecule has 0 atom stereocenters. The molecule has 0 fully saturated rings. The summed E-state index contributed by atoms with van der Waals surface area (Å²) in [5.41, 5.74) is 1.86. The van der Waals surface area contributed by atoms with Crippen molar-refractivity contribution in [3.63, 3.8) is 0 Å². The lowest BCUT2D eigenvalue weighted by atomic mass is 10.2. The quantitative estimate of drug-likeness (QED) is 0.544. The molecule has 0 radical (unpaired) electrons. The fraction of sp³-hybridized carbons (Fsp3) is 0.333. The van der Waals surface area contributed by atoms with Crippen LogP contribution in [0.3, 0.4) is 0 Å². The lowest BCUT2D eigenvalue weighted by Gasteiger charge is -2.05. The normalized spacial score (nSPS) is 10.9. The van der Waals surface area contributed by atoms with Gasteiger partial charge in [0, 0.05) is 26.5 Å². The van der Waals surface area contributed by atoms with Crippen molar-refractivity contribution in [2.75, 3.05) is 33.5 Å². The number of benzene rings is 1. The van der Waals surface area contributed by atoms with E-state index in [0.717, 1.165) is 17.9 Å². The van der Waals surface area contributed by atoms with Crippen molar-refractivity contribution in [1.82, 2.24) is 15.1 Å². The molecule has 7 heteroatoms. The molecule has 0 spiro atoms. The average molecular weight is 383 g/mol. The third-order valence-corrected chi connectivity index (χ3v) is 4.14. The predicted octanol–water partition coefficient (Wildman–Crippen LogP) is 3.22. The first-order valence-corrected chi connectivity index (χ1v) is 9.26. The smallest absolute Gasteiger partial charge is 0.255 e. The number of carbonyl (C=O) groups is 1. The van der Waals surface area contributed by atoms with Crippen LogP contribution in [-0.2, 0) is 9.47 Å². The second kappa shape index (κ2) is 9.87. The summed E-state index contributed by atoms with van der Waals surface area (Å²) >= 11 is 0. The van der Waals surface area contributed by atoms with E-state index in [2.05, 4.69) is 10.4 Å². The van der Waals surface area contributed by atoms with Crippen molar-refractivity contribution in [3.8, 4) is 17.1 Å². The molecular weight excluding hydrogens is 358 g/mol. The zero-order valence-corrected chi connectivity index (χ0v) is 16.2.